The van der Waals surface area contributed by atoms with Crippen LogP contribution in [0.15, 0.2) is 0 Å². The zero-order chi connectivity index (χ0) is 14.0. The van der Waals surface area contributed by atoms with Crippen LogP contribution in [0.2, 0.25) is 0 Å². The number of nitrogens with one attached hydrogen (secondary N) is 1. The van der Waals surface area contributed by atoms with Crippen molar-refractivity contribution in [2.45, 2.75) is 37.4 Å². The van der Waals surface area contributed by atoms with Gasteiger partial charge in [0.15, 0.2) is 9.84 Å². The normalized spacial score (nSPS) is 33.2. The molecule has 3 unspecified atom stereocenters. The molecule has 6 nitrogen and oxygen atoms in total. The number of sulfone groups is 1. The first-order valence-corrected chi connectivity index (χ1v) is 8.35. The summed E-state index contributed by atoms with van der Waals surface area (Å²) >= 11 is 0. The zero-order valence-electron chi connectivity index (χ0n) is 10.7. The van der Waals surface area contributed by atoms with Crippen LogP contribution in [0.3, 0.4) is 0 Å². The van der Waals surface area contributed by atoms with Gasteiger partial charge in [0.1, 0.15) is 0 Å². The van der Waals surface area contributed by atoms with Gasteiger partial charge in [-0.25, -0.2) is 8.42 Å². The second-order valence-corrected chi connectivity index (χ2v) is 7.76. The predicted octanol–water partition coefficient (Wildman–Crippen LogP) is 0.181. The summed E-state index contributed by atoms with van der Waals surface area (Å²) in [6.45, 7) is 0.115. The maximum Gasteiger partial charge on any atom is 0.307 e. The molecular weight excluding hydrogens is 270 g/mol. The quantitative estimate of drug-likeness (QED) is 0.769. The van der Waals surface area contributed by atoms with E-state index in [0.29, 0.717) is 25.7 Å². The monoisotopic (exact) mass is 289 g/mol. The van der Waals surface area contributed by atoms with E-state index in [1.54, 1.807) is 0 Å². The third-order valence-corrected chi connectivity index (χ3v) is 6.41. The highest BCUT2D eigenvalue weighted by Crippen LogP contribution is 2.32. The van der Waals surface area contributed by atoms with Crippen molar-refractivity contribution in [3.63, 3.8) is 0 Å². The molecule has 2 N–H and O–H groups in total. The summed E-state index contributed by atoms with van der Waals surface area (Å²) in [5.74, 6) is -2.20. The highest BCUT2D eigenvalue weighted by Gasteiger charge is 2.38. The van der Waals surface area contributed by atoms with Crippen LogP contribution in [0.1, 0.15) is 32.1 Å². The van der Waals surface area contributed by atoms with Crippen LogP contribution in [-0.2, 0) is 19.4 Å². The van der Waals surface area contributed by atoms with Crippen LogP contribution in [0.4, 0.5) is 0 Å². The predicted molar refractivity (Wildman–Crippen MR) is 68.3 cm³/mol. The molecular formula is C12H19NO5S. The molecule has 1 saturated carbocycles. The number of carboxylic acid groups (broad SMARTS) is 1. The maximum absolute atomic E-state index is 12.0. The van der Waals surface area contributed by atoms with Crippen molar-refractivity contribution in [2.75, 3.05) is 12.3 Å². The largest absolute Gasteiger partial charge is 0.481 e. The molecule has 1 heterocycles. The SMILES string of the molecule is O=C(O)C1CCCC1C(=O)NCC1CCCS1(=O)=O. The first kappa shape index (κ1) is 14.3. The summed E-state index contributed by atoms with van der Waals surface area (Å²) in [5.41, 5.74) is 0. The van der Waals surface area contributed by atoms with Gasteiger partial charge in [-0.05, 0) is 25.7 Å². The Balaban J connectivity index is 1.89. The number of carbonyl (C=O) groups is 2. The standard InChI is InChI=1S/C12H19NO5S/c14-11(9-4-1-5-10(9)12(15)16)13-7-8-3-2-6-19(8,17)18/h8-10H,1-7H2,(H,13,14)(H,15,16). The summed E-state index contributed by atoms with van der Waals surface area (Å²) < 4.78 is 23.2. The molecule has 1 saturated heterocycles. The molecule has 0 aromatic rings. The number of aliphatic carboxylic acids is 1. The molecule has 0 bridgehead atoms. The van der Waals surface area contributed by atoms with E-state index in [1.807, 2.05) is 0 Å². The maximum atomic E-state index is 12.0. The molecule has 2 fully saturated rings. The van der Waals surface area contributed by atoms with Gasteiger partial charge in [0.2, 0.25) is 5.91 Å². The fourth-order valence-corrected chi connectivity index (χ4v) is 4.77. The average Bonchev–Trinajstić information content (AvgIpc) is 2.92. The van der Waals surface area contributed by atoms with Gasteiger partial charge >= 0.3 is 5.97 Å². The Morgan fingerprint density at radius 3 is 2.37 bits per heavy atom. The lowest BCUT2D eigenvalue weighted by Crippen LogP contribution is -2.40. The number of rotatable bonds is 4. The lowest BCUT2D eigenvalue weighted by molar-refractivity contribution is -0.146. The van der Waals surface area contributed by atoms with E-state index in [-0.39, 0.29) is 18.2 Å². The van der Waals surface area contributed by atoms with Crippen molar-refractivity contribution >= 4 is 21.7 Å². The van der Waals surface area contributed by atoms with Gasteiger partial charge in [-0.2, -0.15) is 0 Å². The zero-order valence-corrected chi connectivity index (χ0v) is 11.5. The van der Waals surface area contributed by atoms with Crippen LogP contribution in [0, 0.1) is 11.8 Å². The Labute approximate surface area is 112 Å². The summed E-state index contributed by atoms with van der Waals surface area (Å²) in [4.78, 5) is 23.0. The third kappa shape index (κ3) is 3.08. The molecule has 1 aliphatic heterocycles. The van der Waals surface area contributed by atoms with Crippen LogP contribution in [0.25, 0.3) is 0 Å². The molecule has 1 aliphatic carbocycles. The second kappa shape index (κ2) is 5.48. The lowest BCUT2D eigenvalue weighted by atomic mass is 9.95. The highest BCUT2D eigenvalue weighted by molar-refractivity contribution is 7.92. The summed E-state index contributed by atoms with van der Waals surface area (Å²) in [6.07, 6.45) is 3.05. The van der Waals surface area contributed by atoms with E-state index < -0.39 is 32.9 Å². The minimum atomic E-state index is -3.07. The first-order valence-electron chi connectivity index (χ1n) is 6.64. The average molecular weight is 289 g/mol. The highest BCUT2D eigenvalue weighted by atomic mass is 32.2. The van der Waals surface area contributed by atoms with E-state index in [4.69, 9.17) is 5.11 Å². The fraction of sp³-hybridized carbons (Fsp3) is 0.833. The van der Waals surface area contributed by atoms with E-state index in [1.165, 1.54) is 0 Å². The molecule has 0 aromatic carbocycles. The second-order valence-electron chi connectivity index (χ2n) is 5.36. The van der Waals surface area contributed by atoms with Crippen molar-refractivity contribution in [2.24, 2.45) is 11.8 Å². The van der Waals surface area contributed by atoms with Crippen LogP contribution in [-0.4, -0.2) is 42.9 Å². The number of carboxylic acids is 1. The topological polar surface area (TPSA) is 101 Å². The van der Waals surface area contributed by atoms with Gasteiger partial charge in [-0.15, -0.1) is 0 Å². The van der Waals surface area contributed by atoms with Gasteiger partial charge in [-0.1, -0.05) is 6.42 Å². The third-order valence-electron chi connectivity index (χ3n) is 4.14. The molecule has 19 heavy (non-hydrogen) atoms. The van der Waals surface area contributed by atoms with Crippen molar-refractivity contribution in [1.29, 1.82) is 0 Å². The molecule has 1 amide bonds. The molecule has 7 heteroatoms. The smallest absolute Gasteiger partial charge is 0.307 e. The van der Waals surface area contributed by atoms with Gasteiger partial charge in [0.25, 0.3) is 0 Å². The van der Waals surface area contributed by atoms with Crippen molar-refractivity contribution in [1.82, 2.24) is 5.32 Å². The first-order chi connectivity index (χ1) is 8.92. The minimum Gasteiger partial charge on any atom is -0.481 e. The van der Waals surface area contributed by atoms with Gasteiger partial charge in [0, 0.05) is 6.54 Å². The van der Waals surface area contributed by atoms with Crippen molar-refractivity contribution in [3.05, 3.63) is 0 Å². The van der Waals surface area contributed by atoms with Crippen LogP contribution >= 0.6 is 0 Å². The number of hydrogen-bond acceptors (Lipinski definition) is 4. The fourth-order valence-electron chi connectivity index (χ4n) is 3.00. The summed E-state index contributed by atoms with van der Waals surface area (Å²) in [6, 6.07) is 0. The molecule has 2 rings (SSSR count). The Bertz CT molecular complexity index is 473. The molecule has 108 valence electrons. The van der Waals surface area contributed by atoms with Gasteiger partial charge in [0.05, 0.1) is 22.8 Å². The minimum absolute atomic E-state index is 0.115. The summed E-state index contributed by atoms with van der Waals surface area (Å²) in [7, 11) is -3.07. The molecule has 0 aromatic heterocycles. The van der Waals surface area contributed by atoms with E-state index in [0.717, 1.165) is 6.42 Å². The number of hydrogen-bond donors (Lipinski definition) is 2. The van der Waals surface area contributed by atoms with Crippen LogP contribution < -0.4 is 5.32 Å². The van der Waals surface area contributed by atoms with Crippen LogP contribution in [0.5, 0.6) is 0 Å². The number of amides is 1. The Hall–Kier alpha value is -1.11. The lowest BCUT2D eigenvalue weighted by Gasteiger charge is -2.17. The van der Waals surface area contributed by atoms with Gasteiger partial charge in [-0.3, -0.25) is 9.59 Å². The van der Waals surface area contributed by atoms with Crippen molar-refractivity contribution in [3.8, 4) is 0 Å². The Kier molecular flexibility index (Phi) is 4.13. The summed E-state index contributed by atoms with van der Waals surface area (Å²) in [5, 5.41) is 11.1. The molecule has 3 atom stereocenters. The van der Waals surface area contributed by atoms with Crippen molar-refractivity contribution < 1.29 is 23.1 Å². The van der Waals surface area contributed by atoms with Gasteiger partial charge < -0.3 is 10.4 Å². The molecule has 2 aliphatic rings. The molecule has 0 spiro atoms. The Morgan fingerprint density at radius 2 is 1.79 bits per heavy atom. The number of carbonyl (C=O) groups excluding carboxylic acids is 1. The van der Waals surface area contributed by atoms with E-state index >= 15 is 0 Å². The van der Waals surface area contributed by atoms with E-state index in [2.05, 4.69) is 5.32 Å². The van der Waals surface area contributed by atoms with E-state index in [9.17, 15) is 18.0 Å². The Morgan fingerprint density at radius 1 is 1.11 bits per heavy atom. The molecule has 0 radical (unpaired) electrons.